The average molecular weight is 523 g/mol. The molecule has 4 aliphatic rings. The lowest BCUT2D eigenvalue weighted by Crippen LogP contribution is -2.45. The first kappa shape index (κ1) is 27.7. The van der Waals surface area contributed by atoms with Crippen molar-refractivity contribution < 1.29 is 24.2 Å². The van der Waals surface area contributed by atoms with E-state index in [1.807, 2.05) is 0 Å². The van der Waals surface area contributed by atoms with Crippen molar-refractivity contribution in [2.24, 2.45) is 11.8 Å². The Balaban J connectivity index is 1.08. The fraction of sp³-hybridized carbons (Fsp3) is 0.923. The number of nitrogens with zero attached hydrogens (tertiary/aromatic N) is 2. The molecular weight excluding hydrogens is 480 g/mol. The van der Waals surface area contributed by atoms with Crippen LogP contribution in [0.2, 0.25) is 0 Å². The van der Waals surface area contributed by atoms with Gasteiger partial charge in [0.2, 0.25) is 23.9 Å². The maximum Gasteiger partial charge on any atom is 0.223 e. The smallest absolute Gasteiger partial charge is 0.223 e. The third kappa shape index (κ3) is 7.85. The molecule has 0 spiro atoms. The van der Waals surface area contributed by atoms with Gasteiger partial charge < -0.3 is 15.4 Å². The maximum absolute atomic E-state index is 12.6. The van der Waals surface area contributed by atoms with E-state index in [1.54, 1.807) is 0 Å². The van der Waals surface area contributed by atoms with Gasteiger partial charge in [0.05, 0.1) is 12.2 Å². The second-order valence-electron chi connectivity index (χ2n) is 11.7. The van der Waals surface area contributed by atoms with Crippen molar-refractivity contribution in [3.05, 3.63) is 20.2 Å². The highest BCUT2D eigenvalue weighted by Crippen LogP contribution is 2.31. The topological polar surface area (TPSA) is 154 Å². The fourth-order valence-electron chi connectivity index (χ4n) is 6.69. The van der Waals surface area contributed by atoms with E-state index >= 15 is 0 Å². The summed E-state index contributed by atoms with van der Waals surface area (Å²) in [6, 6.07) is -0.671. The molecule has 0 heterocycles. The maximum atomic E-state index is 12.6. The highest BCUT2D eigenvalue weighted by molar-refractivity contribution is 5.79. The molecule has 37 heavy (non-hydrogen) atoms. The zero-order valence-corrected chi connectivity index (χ0v) is 21.7. The Bertz CT molecular complexity index is 742. The van der Waals surface area contributed by atoms with Gasteiger partial charge in [0.1, 0.15) is 0 Å². The summed E-state index contributed by atoms with van der Waals surface area (Å²) < 4.78 is 6.39. The van der Waals surface area contributed by atoms with Gasteiger partial charge in [-0.05, 0) is 77.0 Å². The third-order valence-electron chi connectivity index (χ3n) is 9.16. The summed E-state index contributed by atoms with van der Waals surface area (Å²) in [5.41, 5.74) is 0. The Kier molecular flexibility index (Phi) is 9.72. The van der Waals surface area contributed by atoms with Crippen LogP contribution in [0, 0.1) is 32.1 Å². The van der Waals surface area contributed by atoms with Crippen LogP contribution >= 0.6 is 0 Å². The van der Waals surface area contributed by atoms with Crippen molar-refractivity contribution in [3.63, 3.8) is 0 Å². The Hall–Kier alpha value is -2.30. The SMILES string of the molecule is O=C(NC1CCC(OC2CCC(NC(=O)C3CCC([N+](=O)[O-])CC3)CC2)CC1)C1CCC([N+](=O)[O-])CC1. The Labute approximate surface area is 218 Å². The first-order chi connectivity index (χ1) is 17.8. The minimum atomic E-state index is -0.495. The molecule has 0 atom stereocenters. The molecule has 0 aromatic heterocycles. The molecule has 0 radical (unpaired) electrons. The molecule has 0 saturated heterocycles. The van der Waals surface area contributed by atoms with Crippen LogP contribution in [0.5, 0.6) is 0 Å². The summed E-state index contributed by atoms with van der Waals surface area (Å²) >= 11 is 0. The largest absolute Gasteiger partial charge is 0.375 e. The summed E-state index contributed by atoms with van der Waals surface area (Å²) in [4.78, 5) is 46.7. The van der Waals surface area contributed by atoms with Gasteiger partial charge in [0, 0.05) is 59.4 Å². The Morgan fingerprint density at radius 1 is 0.541 bits per heavy atom. The predicted octanol–water partition coefficient (Wildman–Crippen LogP) is 3.53. The molecule has 4 aliphatic carbocycles. The van der Waals surface area contributed by atoms with Crippen LogP contribution in [0.3, 0.4) is 0 Å². The normalized spacial score (nSPS) is 36.8. The van der Waals surface area contributed by atoms with Gasteiger partial charge in [-0.2, -0.15) is 0 Å². The zero-order chi connectivity index (χ0) is 26.4. The summed E-state index contributed by atoms with van der Waals surface area (Å²) in [6.07, 6.45) is 12.0. The lowest BCUT2D eigenvalue weighted by atomic mass is 9.84. The summed E-state index contributed by atoms with van der Waals surface area (Å²) in [7, 11) is 0. The summed E-state index contributed by atoms with van der Waals surface area (Å²) in [5.74, 6) is -0.0939. The number of nitro groups is 2. The molecule has 4 saturated carbocycles. The van der Waals surface area contributed by atoms with Gasteiger partial charge in [0.15, 0.2) is 0 Å². The lowest BCUT2D eigenvalue weighted by Gasteiger charge is -2.36. The highest BCUT2D eigenvalue weighted by Gasteiger charge is 2.35. The van der Waals surface area contributed by atoms with E-state index in [1.165, 1.54) is 0 Å². The van der Waals surface area contributed by atoms with E-state index in [2.05, 4.69) is 10.6 Å². The quantitative estimate of drug-likeness (QED) is 0.365. The van der Waals surface area contributed by atoms with Gasteiger partial charge in [0.25, 0.3) is 0 Å². The molecule has 2 N–H and O–H groups in total. The zero-order valence-electron chi connectivity index (χ0n) is 21.7. The number of carbonyl (C=O) groups excluding carboxylic acids is 2. The van der Waals surface area contributed by atoms with E-state index in [9.17, 15) is 29.8 Å². The van der Waals surface area contributed by atoms with Crippen LogP contribution in [-0.4, -0.2) is 58.0 Å². The molecule has 0 unspecified atom stereocenters. The molecule has 4 rings (SSSR count). The predicted molar refractivity (Wildman–Crippen MR) is 135 cm³/mol. The summed E-state index contributed by atoms with van der Waals surface area (Å²) in [5, 5.41) is 28.2. The molecular formula is C26H42N4O7. The second-order valence-corrected chi connectivity index (χ2v) is 11.7. The number of hydrogen-bond acceptors (Lipinski definition) is 7. The van der Waals surface area contributed by atoms with E-state index in [0.29, 0.717) is 51.4 Å². The molecule has 0 bridgehead atoms. The number of carbonyl (C=O) groups is 2. The van der Waals surface area contributed by atoms with Crippen LogP contribution < -0.4 is 10.6 Å². The standard InChI is InChI=1S/C26H42N4O7/c31-25(17-1-9-21(10-2-17)29(33)34)27-19-5-13-23(14-6-19)37-24-15-7-20(8-16-24)28-26(32)18-3-11-22(12-4-18)30(35)36/h17-24H,1-16H2,(H,27,31)(H,28,32). The van der Waals surface area contributed by atoms with Gasteiger partial charge in [-0.3, -0.25) is 29.8 Å². The molecule has 0 aromatic rings. The molecule has 2 amide bonds. The van der Waals surface area contributed by atoms with Gasteiger partial charge in [-0.25, -0.2) is 0 Å². The van der Waals surface area contributed by atoms with Crippen LogP contribution in [0.15, 0.2) is 0 Å². The van der Waals surface area contributed by atoms with Crippen LogP contribution in [-0.2, 0) is 14.3 Å². The number of ether oxygens (including phenoxy) is 1. The second kappa shape index (κ2) is 13.0. The number of rotatable bonds is 8. The van der Waals surface area contributed by atoms with Gasteiger partial charge >= 0.3 is 0 Å². The Morgan fingerprint density at radius 3 is 1.16 bits per heavy atom. The molecule has 0 aromatic carbocycles. The van der Waals surface area contributed by atoms with Gasteiger partial charge in [-0.1, -0.05) is 0 Å². The Morgan fingerprint density at radius 2 is 0.865 bits per heavy atom. The molecule has 11 heteroatoms. The molecule has 4 fully saturated rings. The summed E-state index contributed by atoms with van der Waals surface area (Å²) in [6.45, 7) is 0. The number of hydrogen-bond donors (Lipinski definition) is 2. The van der Waals surface area contributed by atoms with E-state index in [-0.39, 0.29) is 57.8 Å². The van der Waals surface area contributed by atoms with Crippen molar-refractivity contribution in [1.29, 1.82) is 0 Å². The number of amides is 2. The van der Waals surface area contributed by atoms with Crippen molar-refractivity contribution in [3.8, 4) is 0 Å². The first-order valence-corrected chi connectivity index (χ1v) is 14.3. The van der Waals surface area contributed by atoms with Crippen molar-refractivity contribution in [2.45, 2.75) is 139 Å². The minimum absolute atomic E-state index is 0.0531. The van der Waals surface area contributed by atoms with Gasteiger partial charge in [-0.15, -0.1) is 0 Å². The van der Waals surface area contributed by atoms with Crippen LogP contribution in [0.1, 0.15) is 103 Å². The molecule has 11 nitrogen and oxygen atoms in total. The van der Waals surface area contributed by atoms with Crippen molar-refractivity contribution in [2.75, 3.05) is 0 Å². The van der Waals surface area contributed by atoms with E-state index in [4.69, 9.17) is 4.74 Å². The molecule has 0 aliphatic heterocycles. The monoisotopic (exact) mass is 522 g/mol. The van der Waals surface area contributed by atoms with E-state index < -0.39 is 12.1 Å². The van der Waals surface area contributed by atoms with Crippen LogP contribution in [0.25, 0.3) is 0 Å². The highest BCUT2D eigenvalue weighted by atomic mass is 16.6. The number of nitrogens with one attached hydrogen (secondary N) is 2. The lowest BCUT2D eigenvalue weighted by molar-refractivity contribution is -0.526. The van der Waals surface area contributed by atoms with Crippen molar-refractivity contribution in [1.82, 2.24) is 10.6 Å². The average Bonchev–Trinajstić information content (AvgIpc) is 2.91. The van der Waals surface area contributed by atoms with E-state index in [0.717, 1.165) is 51.4 Å². The molecule has 208 valence electrons. The van der Waals surface area contributed by atoms with Crippen LogP contribution in [0.4, 0.5) is 0 Å². The third-order valence-corrected chi connectivity index (χ3v) is 9.16. The minimum Gasteiger partial charge on any atom is -0.375 e. The first-order valence-electron chi connectivity index (χ1n) is 14.3. The fourth-order valence-corrected chi connectivity index (χ4v) is 6.69. The van der Waals surface area contributed by atoms with Crippen molar-refractivity contribution >= 4 is 11.8 Å².